The zero-order valence-electron chi connectivity index (χ0n) is 10.3. The van der Waals surface area contributed by atoms with Crippen molar-refractivity contribution in [2.45, 2.75) is 29.0 Å². The molecule has 1 aromatic carbocycles. The van der Waals surface area contributed by atoms with Crippen molar-refractivity contribution in [1.29, 1.82) is 0 Å². The Morgan fingerprint density at radius 2 is 1.84 bits per heavy atom. The van der Waals surface area contributed by atoms with E-state index in [2.05, 4.69) is 0 Å². The Kier molecular flexibility index (Phi) is 4.83. The lowest BCUT2D eigenvalue weighted by molar-refractivity contribution is -0.0602. The van der Waals surface area contributed by atoms with E-state index in [9.17, 15) is 15.3 Å². The lowest BCUT2D eigenvalue weighted by Crippen LogP contribution is -2.43. The molecule has 1 aliphatic rings. The molecule has 19 heavy (non-hydrogen) atoms. The molecule has 106 valence electrons. The van der Waals surface area contributed by atoms with E-state index in [1.54, 1.807) is 0 Å². The molecule has 1 saturated heterocycles. The molecule has 2 rings (SSSR count). The van der Waals surface area contributed by atoms with Gasteiger partial charge in [-0.15, -0.1) is 11.8 Å². The van der Waals surface area contributed by atoms with Gasteiger partial charge in [-0.1, -0.05) is 30.3 Å². The highest BCUT2D eigenvalue weighted by molar-refractivity contribution is 7.99. The van der Waals surface area contributed by atoms with Gasteiger partial charge in [0.2, 0.25) is 0 Å². The Morgan fingerprint density at radius 1 is 1.16 bits per heavy atom. The molecule has 0 saturated carbocycles. The van der Waals surface area contributed by atoms with Crippen LogP contribution < -0.4 is 0 Å². The number of hydrogen-bond donors (Lipinski definition) is 4. The van der Waals surface area contributed by atoms with Crippen molar-refractivity contribution in [2.75, 3.05) is 13.2 Å². The minimum Gasteiger partial charge on any atom is -0.394 e. The highest BCUT2D eigenvalue weighted by Gasteiger charge is 2.54. The van der Waals surface area contributed by atoms with Crippen molar-refractivity contribution in [1.82, 2.24) is 0 Å². The lowest BCUT2D eigenvalue weighted by Gasteiger charge is -2.29. The molecule has 5 nitrogen and oxygen atoms in total. The maximum Gasteiger partial charge on any atom is 0.166 e. The SMILES string of the molecule is OC[C@H]1O[C@@](CO)(SCc2ccccc2)[C@@H](O)[C@@H]1O. The Labute approximate surface area is 115 Å². The fraction of sp³-hybridized carbons (Fsp3) is 0.538. The van der Waals surface area contributed by atoms with Crippen LogP contribution in [0.5, 0.6) is 0 Å². The van der Waals surface area contributed by atoms with E-state index in [0.29, 0.717) is 5.75 Å². The highest BCUT2D eigenvalue weighted by atomic mass is 32.2. The van der Waals surface area contributed by atoms with Gasteiger partial charge in [0.15, 0.2) is 4.93 Å². The van der Waals surface area contributed by atoms with Gasteiger partial charge in [0.25, 0.3) is 0 Å². The van der Waals surface area contributed by atoms with Crippen LogP contribution in [0.3, 0.4) is 0 Å². The molecule has 0 aliphatic carbocycles. The van der Waals surface area contributed by atoms with Gasteiger partial charge in [0, 0.05) is 5.75 Å². The van der Waals surface area contributed by atoms with Crippen LogP contribution in [0.4, 0.5) is 0 Å². The van der Waals surface area contributed by atoms with E-state index < -0.39 is 36.5 Å². The summed E-state index contributed by atoms with van der Waals surface area (Å²) in [4.78, 5) is -1.29. The van der Waals surface area contributed by atoms with Gasteiger partial charge in [0.05, 0.1) is 13.2 Å². The topological polar surface area (TPSA) is 90.2 Å². The molecule has 0 spiro atoms. The number of ether oxygens (including phenoxy) is 1. The van der Waals surface area contributed by atoms with Crippen LogP contribution in [0.15, 0.2) is 30.3 Å². The van der Waals surface area contributed by atoms with Crippen LogP contribution in [0.1, 0.15) is 5.56 Å². The quantitative estimate of drug-likeness (QED) is 0.595. The predicted molar refractivity (Wildman–Crippen MR) is 71.5 cm³/mol. The molecule has 6 heteroatoms. The van der Waals surface area contributed by atoms with Crippen molar-refractivity contribution in [3.05, 3.63) is 35.9 Å². The maximum absolute atomic E-state index is 10.0. The van der Waals surface area contributed by atoms with Crippen LogP contribution in [-0.4, -0.2) is 56.9 Å². The van der Waals surface area contributed by atoms with Crippen molar-refractivity contribution in [3.63, 3.8) is 0 Å². The van der Waals surface area contributed by atoms with Crippen molar-refractivity contribution in [3.8, 4) is 0 Å². The second kappa shape index (κ2) is 6.21. The molecule has 1 fully saturated rings. The van der Waals surface area contributed by atoms with Crippen LogP contribution in [0.25, 0.3) is 0 Å². The first-order chi connectivity index (χ1) is 9.13. The highest BCUT2D eigenvalue weighted by Crippen LogP contribution is 2.41. The van der Waals surface area contributed by atoms with E-state index in [1.807, 2.05) is 30.3 Å². The summed E-state index contributed by atoms with van der Waals surface area (Å²) in [5.74, 6) is 0.531. The van der Waals surface area contributed by atoms with Gasteiger partial charge in [-0.2, -0.15) is 0 Å². The molecule has 1 heterocycles. The van der Waals surface area contributed by atoms with Crippen molar-refractivity contribution < 1.29 is 25.2 Å². The van der Waals surface area contributed by atoms with Gasteiger partial charge >= 0.3 is 0 Å². The van der Waals surface area contributed by atoms with E-state index in [4.69, 9.17) is 9.84 Å². The van der Waals surface area contributed by atoms with E-state index in [0.717, 1.165) is 5.56 Å². The second-order valence-corrected chi connectivity index (χ2v) is 5.79. The van der Waals surface area contributed by atoms with Crippen LogP contribution in [0.2, 0.25) is 0 Å². The summed E-state index contributed by atoms with van der Waals surface area (Å²) < 4.78 is 5.46. The zero-order valence-corrected chi connectivity index (χ0v) is 11.2. The van der Waals surface area contributed by atoms with Crippen molar-refractivity contribution >= 4 is 11.8 Å². The summed E-state index contributed by atoms with van der Waals surface area (Å²) in [5, 5.41) is 38.4. The number of aliphatic hydroxyl groups excluding tert-OH is 4. The van der Waals surface area contributed by atoms with Crippen LogP contribution in [-0.2, 0) is 10.5 Å². The van der Waals surface area contributed by atoms with Gasteiger partial charge in [-0.3, -0.25) is 0 Å². The normalized spacial score (nSPS) is 34.6. The average Bonchev–Trinajstić information content (AvgIpc) is 2.71. The zero-order chi connectivity index (χ0) is 13.9. The summed E-state index contributed by atoms with van der Waals surface area (Å²) >= 11 is 1.22. The molecular formula is C13H18O5S. The monoisotopic (exact) mass is 286 g/mol. The van der Waals surface area contributed by atoms with Crippen LogP contribution in [0, 0.1) is 0 Å². The molecule has 1 aliphatic heterocycles. The Balaban J connectivity index is 2.07. The standard InChI is InChI=1S/C13H18O5S/c14-6-10-11(16)12(17)13(8-15,18-10)19-7-9-4-2-1-3-5-9/h1-5,10-12,14-17H,6-8H2/t10-,11-,12+,13+/m1/s1. The largest absolute Gasteiger partial charge is 0.394 e. The van der Waals surface area contributed by atoms with Gasteiger partial charge in [-0.05, 0) is 5.56 Å². The minimum absolute atomic E-state index is 0.397. The Bertz CT molecular complexity index is 401. The number of benzene rings is 1. The van der Waals surface area contributed by atoms with E-state index in [-0.39, 0.29) is 0 Å². The third-order valence-electron chi connectivity index (χ3n) is 3.23. The van der Waals surface area contributed by atoms with Crippen molar-refractivity contribution in [2.24, 2.45) is 0 Å². The Morgan fingerprint density at radius 3 is 2.37 bits per heavy atom. The second-order valence-electron chi connectivity index (χ2n) is 4.52. The summed E-state index contributed by atoms with van der Waals surface area (Å²) in [6.07, 6.45) is -3.30. The van der Waals surface area contributed by atoms with Gasteiger partial charge < -0.3 is 25.2 Å². The molecule has 4 atom stereocenters. The number of thioether (sulfide) groups is 1. The van der Waals surface area contributed by atoms with Gasteiger partial charge in [-0.25, -0.2) is 0 Å². The third-order valence-corrected chi connectivity index (χ3v) is 4.67. The minimum atomic E-state index is -1.29. The fourth-order valence-corrected chi connectivity index (χ4v) is 3.28. The number of aliphatic hydroxyl groups is 4. The summed E-state index contributed by atoms with van der Waals surface area (Å²) in [6.45, 7) is -0.828. The molecule has 4 N–H and O–H groups in total. The van der Waals surface area contributed by atoms with E-state index >= 15 is 0 Å². The lowest BCUT2D eigenvalue weighted by atomic mass is 10.1. The molecule has 1 aromatic rings. The molecule has 0 bridgehead atoms. The van der Waals surface area contributed by atoms with Crippen LogP contribution >= 0.6 is 11.8 Å². The molecular weight excluding hydrogens is 268 g/mol. The molecule has 0 radical (unpaired) electrons. The molecule has 0 amide bonds. The fourth-order valence-electron chi connectivity index (χ4n) is 2.08. The number of rotatable bonds is 5. The first kappa shape index (κ1) is 14.8. The number of hydrogen-bond acceptors (Lipinski definition) is 6. The predicted octanol–water partition coefficient (Wildman–Crippen LogP) is -0.279. The first-order valence-electron chi connectivity index (χ1n) is 6.06. The smallest absolute Gasteiger partial charge is 0.166 e. The Hall–Kier alpha value is -0.630. The third kappa shape index (κ3) is 2.94. The maximum atomic E-state index is 10.0. The summed E-state index contributed by atoms with van der Waals surface area (Å²) in [6, 6.07) is 9.57. The molecule has 0 unspecified atom stereocenters. The summed E-state index contributed by atoms with van der Waals surface area (Å²) in [7, 11) is 0. The average molecular weight is 286 g/mol. The van der Waals surface area contributed by atoms with E-state index in [1.165, 1.54) is 11.8 Å². The first-order valence-corrected chi connectivity index (χ1v) is 7.05. The molecule has 0 aromatic heterocycles. The van der Waals surface area contributed by atoms with Gasteiger partial charge in [0.1, 0.15) is 18.3 Å². The summed E-state index contributed by atoms with van der Waals surface area (Å²) in [5.41, 5.74) is 1.03.